The fourth-order valence-corrected chi connectivity index (χ4v) is 4.64. The van der Waals surface area contributed by atoms with Crippen molar-refractivity contribution in [1.29, 1.82) is 0 Å². The average Bonchev–Trinajstić information content (AvgIpc) is 2.65. The maximum atomic E-state index is 12.6. The minimum absolute atomic E-state index is 0.0380. The van der Waals surface area contributed by atoms with Crippen LogP contribution in [0, 0.1) is 0 Å². The number of phenols is 1. The van der Waals surface area contributed by atoms with Gasteiger partial charge in [0.1, 0.15) is 5.75 Å². The van der Waals surface area contributed by atoms with Crippen molar-refractivity contribution in [2.24, 2.45) is 0 Å². The summed E-state index contributed by atoms with van der Waals surface area (Å²) < 4.78 is 28.0. The number of carbonyl (C=O) groups is 1. The summed E-state index contributed by atoms with van der Waals surface area (Å²) in [5.74, 6) is -0.669. The van der Waals surface area contributed by atoms with Gasteiger partial charge >= 0.3 is 0 Å². The third kappa shape index (κ3) is 5.00. The lowest BCUT2D eigenvalue weighted by molar-refractivity contribution is 0.102. The van der Waals surface area contributed by atoms with Crippen molar-refractivity contribution in [3.8, 4) is 5.75 Å². The van der Waals surface area contributed by atoms with Crippen LogP contribution in [0.1, 0.15) is 42.5 Å². The van der Waals surface area contributed by atoms with E-state index in [1.54, 1.807) is 0 Å². The largest absolute Gasteiger partial charge is 0.506 e. The highest BCUT2D eigenvalue weighted by Gasteiger charge is 2.22. The minimum atomic E-state index is -3.70. The molecule has 0 saturated heterocycles. The standard InChI is InChI=1S/C19H21ClN2O4S/c20-14-9-10-18(23)17(12-14)21-19(24)13-5-4-8-16(11-13)27(25,26)22-15-6-2-1-3-7-15/h4-5,8-12,15,22-23H,1-3,6-7H2,(H,21,24). The SMILES string of the molecule is O=C(Nc1cc(Cl)ccc1O)c1cccc(S(=O)(=O)NC2CCCCC2)c1. The number of carbonyl (C=O) groups excluding carboxylic acids is 1. The van der Waals surface area contributed by atoms with Gasteiger partial charge in [0, 0.05) is 16.6 Å². The van der Waals surface area contributed by atoms with Crippen LogP contribution in [0.25, 0.3) is 0 Å². The average molecular weight is 409 g/mol. The Morgan fingerprint density at radius 1 is 1.07 bits per heavy atom. The molecule has 0 aliphatic heterocycles. The zero-order valence-corrected chi connectivity index (χ0v) is 16.2. The molecule has 1 fully saturated rings. The van der Waals surface area contributed by atoms with Gasteiger partial charge in [0.05, 0.1) is 10.6 Å². The second-order valence-corrected chi connectivity index (χ2v) is 8.75. The molecule has 1 aliphatic rings. The second kappa shape index (κ2) is 8.29. The number of anilines is 1. The van der Waals surface area contributed by atoms with E-state index in [1.807, 2.05) is 0 Å². The third-order valence-electron chi connectivity index (χ3n) is 4.54. The van der Waals surface area contributed by atoms with Crippen LogP contribution >= 0.6 is 11.6 Å². The van der Waals surface area contributed by atoms with Crippen molar-refractivity contribution in [2.75, 3.05) is 5.32 Å². The molecule has 1 aliphatic carbocycles. The molecule has 2 aromatic rings. The molecule has 2 aromatic carbocycles. The van der Waals surface area contributed by atoms with Gasteiger partial charge in [-0.3, -0.25) is 4.79 Å². The first-order chi connectivity index (χ1) is 12.8. The molecule has 8 heteroatoms. The van der Waals surface area contributed by atoms with Gasteiger partial charge in [0.2, 0.25) is 10.0 Å². The second-order valence-electron chi connectivity index (χ2n) is 6.60. The highest BCUT2D eigenvalue weighted by Crippen LogP contribution is 2.27. The number of hydrogen-bond acceptors (Lipinski definition) is 4. The Labute approximate surface area is 163 Å². The van der Waals surface area contributed by atoms with Gasteiger partial charge in [0.15, 0.2) is 0 Å². The predicted molar refractivity (Wildman–Crippen MR) is 105 cm³/mol. The Kier molecular flexibility index (Phi) is 6.04. The summed E-state index contributed by atoms with van der Waals surface area (Å²) in [5.41, 5.74) is 0.321. The zero-order chi connectivity index (χ0) is 19.4. The van der Waals surface area contributed by atoms with Crippen LogP contribution in [-0.4, -0.2) is 25.5 Å². The molecule has 0 unspecified atom stereocenters. The number of aromatic hydroxyl groups is 1. The quantitative estimate of drug-likeness (QED) is 0.653. The molecule has 0 heterocycles. The van der Waals surface area contributed by atoms with Gasteiger partial charge in [0.25, 0.3) is 5.91 Å². The molecule has 3 rings (SSSR count). The van der Waals surface area contributed by atoms with Crippen LogP contribution < -0.4 is 10.0 Å². The fraction of sp³-hybridized carbons (Fsp3) is 0.316. The van der Waals surface area contributed by atoms with Gasteiger partial charge < -0.3 is 10.4 Å². The van der Waals surface area contributed by atoms with Crippen molar-refractivity contribution in [2.45, 2.75) is 43.0 Å². The lowest BCUT2D eigenvalue weighted by Crippen LogP contribution is -2.36. The molecule has 6 nitrogen and oxygen atoms in total. The molecule has 3 N–H and O–H groups in total. The van der Waals surface area contributed by atoms with E-state index >= 15 is 0 Å². The first-order valence-electron chi connectivity index (χ1n) is 8.77. The van der Waals surface area contributed by atoms with E-state index in [-0.39, 0.29) is 27.9 Å². The molecular formula is C19H21ClN2O4S. The van der Waals surface area contributed by atoms with Gasteiger partial charge in [-0.2, -0.15) is 0 Å². The molecule has 0 spiro atoms. The Balaban J connectivity index is 1.78. The van der Waals surface area contributed by atoms with Gasteiger partial charge in [-0.25, -0.2) is 13.1 Å². The highest BCUT2D eigenvalue weighted by atomic mass is 35.5. The summed E-state index contributed by atoms with van der Waals surface area (Å²) in [6.07, 6.45) is 4.81. The van der Waals surface area contributed by atoms with Crippen LogP contribution in [0.5, 0.6) is 5.75 Å². The number of benzene rings is 2. The number of sulfonamides is 1. The van der Waals surface area contributed by atoms with E-state index in [1.165, 1.54) is 42.5 Å². The van der Waals surface area contributed by atoms with Gasteiger partial charge in [-0.15, -0.1) is 0 Å². The van der Waals surface area contributed by atoms with Gasteiger partial charge in [-0.05, 0) is 49.2 Å². The van der Waals surface area contributed by atoms with E-state index in [4.69, 9.17) is 11.6 Å². The first kappa shape index (κ1) is 19.7. The Morgan fingerprint density at radius 2 is 1.81 bits per heavy atom. The van der Waals surface area contributed by atoms with E-state index in [0.717, 1.165) is 32.1 Å². The van der Waals surface area contributed by atoms with E-state index in [0.29, 0.717) is 5.02 Å². The monoisotopic (exact) mass is 408 g/mol. The summed E-state index contributed by atoms with van der Waals surface area (Å²) >= 11 is 5.87. The van der Waals surface area contributed by atoms with Crippen LogP contribution in [0.15, 0.2) is 47.4 Å². The van der Waals surface area contributed by atoms with E-state index < -0.39 is 15.9 Å². The smallest absolute Gasteiger partial charge is 0.255 e. The van der Waals surface area contributed by atoms with Gasteiger partial charge in [-0.1, -0.05) is 36.9 Å². The summed E-state index contributed by atoms with van der Waals surface area (Å²) in [5, 5.41) is 12.7. The van der Waals surface area contributed by atoms with Crippen molar-refractivity contribution in [3.05, 3.63) is 53.1 Å². The fourth-order valence-electron chi connectivity index (χ4n) is 3.12. The number of phenolic OH excluding ortho intramolecular Hbond substituents is 1. The lowest BCUT2D eigenvalue weighted by atomic mass is 9.96. The Morgan fingerprint density at radius 3 is 2.56 bits per heavy atom. The summed E-state index contributed by atoms with van der Waals surface area (Å²) in [6, 6.07) is 10.0. The molecule has 27 heavy (non-hydrogen) atoms. The number of amides is 1. The molecular weight excluding hydrogens is 388 g/mol. The van der Waals surface area contributed by atoms with E-state index in [2.05, 4.69) is 10.0 Å². The molecule has 0 atom stereocenters. The van der Waals surface area contributed by atoms with Crippen LogP contribution in [0.2, 0.25) is 5.02 Å². The molecule has 0 radical (unpaired) electrons. The highest BCUT2D eigenvalue weighted by molar-refractivity contribution is 7.89. The first-order valence-corrected chi connectivity index (χ1v) is 10.6. The maximum Gasteiger partial charge on any atom is 0.255 e. The van der Waals surface area contributed by atoms with Crippen LogP contribution in [-0.2, 0) is 10.0 Å². The minimum Gasteiger partial charge on any atom is -0.506 e. The van der Waals surface area contributed by atoms with Crippen LogP contribution in [0.3, 0.4) is 0 Å². The zero-order valence-electron chi connectivity index (χ0n) is 14.6. The van der Waals surface area contributed by atoms with Crippen molar-refractivity contribution in [3.63, 3.8) is 0 Å². The van der Waals surface area contributed by atoms with Crippen LogP contribution in [0.4, 0.5) is 5.69 Å². The van der Waals surface area contributed by atoms with Crippen molar-refractivity contribution >= 4 is 33.2 Å². The molecule has 1 amide bonds. The number of nitrogens with one attached hydrogen (secondary N) is 2. The van der Waals surface area contributed by atoms with Crippen molar-refractivity contribution in [1.82, 2.24) is 4.72 Å². The Bertz CT molecular complexity index is 940. The lowest BCUT2D eigenvalue weighted by Gasteiger charge is -2.22. The summed E-state index contributed by atoms with van der Waals surface area (Å²) in [4.78, 5) is 12.5. The van der Waals surface area contributed by atoms with E-state index in [9.17, 15) is 18.3 Å². The number of hydrogen-bond donors (Lipinski definition) is 3. The molecule has 0 bridgehead atoms. The normalized spacial score (nSPS) is 15.4. The summed E-state index contributed by atoms with van der Waals surface area (Å²) in [7, 11) is -3.70. The molecule has 1 saturated carbocycles. The maximum absolute atomic E-state index is 12.6. The third-order valence-corrected chi connectivity index (χ3v) is 6.29. The van der Waals surface area contributed by atoms with Crippen molar-refractivity contribution < 1.29 is 18.3 Å². The predicted octanol–water partition coefficient (Wildman–Crippen LogP) is 3.91. The molecule has 0 aromatic heterocycles. The Hall–Kier alpha value is -2.09. The number of halogens is 1. The number of rotatable bonds is 5. The molecule has 144 valence electrons. The summed E-state index contributed by atoms with van der Waals surface area (Å²) in [6.45, 7) is 0. The topological polar surface area (TPSA) is 95.5 Å².